The van der Waals surface area contributed by atoms with Gasteiger partial charge in [0.05, 0.1) is 0 Å². The van der Waals surface area contributed by atoms with Crippen molar-refractivity contribution in [2.45, 2.75) is 6.92 Å². The van der Waals surface area contributed by atoms with Crippen molar-refractivity contribution < 1.29 is 9.21 Å². The topological polar surface area (TPSA) is 55.1 Å². The number of rotatable bonds is 3. The molecule has 4 aromatic rings. The molecule has 0 saturated carbocycles. The molecule has 0 fully saturated rings. The number of benzene rings is 3. The zero-order valence-electron chi connectivity index (χ0n) is 14.0. The van der Waals surface area contributed by atoms with Crippen LogP contribution < -0.4 is 5.32 Å². The van der Waals surface area contributed by atoms with E-state index in [9.17, 15) is 4.79 Å². The summed E-state index contributed by atoms with van der Waals surface area (Å²) in [6.07, 6.45) is 0. The van der Waals surface area contributed by atoms with Crippen molar-refractivity contribution in [2.75, 3.05) is 5.32 Å². The van der Waals surface area contributed by atoms with E-state index in [1.165, 1.54) is 0 Å². The number of oxazole rings is 1. The molecule has 1 heterocycles. The van der Waals surface area contributed by atoms with Crippen LogP contribution in [0.5, 0.6) is 0 Å². The first-order chi connectivity index (χ1) is 12.6. The summed E-state index contributed by atoms with van der Waals surface area (Å²) in [5, 5.41) is 2.90. The van der Waals surface area contributed by atoms with E-state index >= 15 is 0 Å². The standard InChI is InChI=1S/C21H15IN2O2/c1-13-4-2-3-5-17(13)21-24-18-11-10-16(12-19(18)26-21)23-20(25)14-6-8-15(22)9-7-14/h2-12H,1H3,(H,23,25). The minimum atomic E-state index is -0.153. The molecule has 4 rings (SSSR count). The molecule has 3 aromatic carbocycles. The van der Waals surface area contributed by atoms with Gasteiger partial charge in [0.2, 0.25) is 5.89 Å². The molecule has 1 aromatic heterocycles. The number of aryl methyl sites for hydroxylation is 1. The number of fused-ring (bicyclic) bond motifs is 1. The highest BCUT2D eigenvalue weighted by Gasteiger charge is 2.12. The normalized spacial score (nSPS) is 10.8. The molecule has 0 unspecified atom stereocenters. The molecule has 26 heavy (non-hydrogen) atoms. The Hall–Kier alpha value is -2.67. The van der Waals surface area contributed by atoms with Gasteiger partial charge in [-0.25, -0.2) is 4.98 Å². The second-order valence-corrected chi connectivity index (χ2v) is 7.22. The molecule has 4 nitrogen and oxygen atoms in total. The molecule has 0 aliphatic rings. The van der Waals surface area contributed by atoms with Crippen LogP contribution in [-0.2, 0) is 0 Å². The lowest BCUT2D eigenvalue weighted by molar-refractivity contribution is 0.102. The van der Waals surface area contributed by atoms with Gasteiger partial charge < -0.3 is 9.73 Å². The third-order valence-electron chi connectivity index (χ3n) is 4.13. The van der Waals surface area contributed by atoms with Gasteiger partial charge in [-0.05, 0) is 77.5 Å². The van der Waals surface area contributed by atoms with Gasteiger partial charge in [0.1, 0.15) is 5.52 Å². The summed E-state index contributed by atoms with van der Waals surface area (Å²) in [5.41, 5.74) is 4.76. The summed E-state index contributed by atoms with van der Waals surface area (Å²) >= 11 is 2.21. The van der Waals surface area contributed by atoms with Crippen LogP contribution in [0.25, 0.3) is 22.6 Å². The smallest absolute Gasteiger partial charge is 0.255 e. The Balaban J connectivity index is 1.62. The molecule has 0 spiro atoms. The van der Waals surface area contributed by atoms with Gasteiger partial charge in [-0.3, -0.25) is 4.79 Å². The number of amides is 1. The number of halogens is 1. The monoisotopic (exact) mass is 454 g/mol. The second-order valence-electron chi connectivity index (χ2n) is 5.98. The first-order valence-corrected chi connectivity index (χ1v) is 9.21. The van der Waals surface area contributed by atoms with Crippen LogP contribution in [0.2, 0.25) is 0 Å². The number of carbonyl (C=O) groups excluding carboxylic acids is 1. The zero-order valence-corrected chi connectivity index (χ0v) is 16.2. The van der Waals surface area contributed by atoms with Gasteiger partial charge in [-0.2, -0.15) is 0 Å². The van der Waals surface area contributed by atoms with E-state index in [2.05, 4.69) is 32.9 Å². The summed E-state index contributed by atoms with van der Waals surface area (Å²) in [4.78, 5) is 16.9. The maximum atomic E-state index is 12.4. The summed E-state index contributed by atoms with van der Waals surface area (Å²) < 4.78 is 7.00. The SMILES string of the molecule is Cc1ccccc1-c1nc2ccc(NC(=O)c3ccc(I)cc3)cc2o1. The van der Waals surface area contributed by atoms with Crippen LogP contribution in [0.4, 0.5) is 5.69 Å². The zero-order chi connectivity index (χ0) is 18.1. The first-order valence-electron chi connectivity index (χ1n) is 8.14. The minimum absolute atomic E-state index is 0.153. The van der Waals surface area contributed by atoms with Crippen LogP contribution in [0, 0.1) is 10.5 Å². The van der Waals surface area contributed by atoms with Crippen LogP contribution in [0.15, 0.2) is 71.1 Å². The van der Waals surface area contributed by atoms with E-state index in [4.69, 9.17) is 4.42 Å². The molecule has 128 valence electrons. The molecule has 1 N–H and O–H groups in total. The highest BCUT2D eigenvalue weighted by Crippen LogP contribution is 2.28. The molecule has 5 heteroatoms. The average molecular weight is 454 g/mol. The molecule has 0 saturated heterocycles. The van der Waals surface area contributed by atoms with Crippen molar-refractivity contribution >= 4 is 45.3 Å². The Morgan fingerprint density at radius 3 is 2.58 bits per heavy atom. The summed E-state index contributed by atoms with van der Waals surface area (Å²) in [6, 6.07) is 20.9. The lowest BCUT2D eigenvalue weighted by Gasteiger charge is -2.05. The van der Waals surface area contributed by atoms with Gasteiger partial charge in [0, 0.05) is 26.5 Å². The fraction of sp³-hybridized carbons (Fsp3) is 0.0476. The molecule has 1 amide bonds. The highest BCUT2D eigenvalue weighted by atomic mass is 127. The second kappa shape index (κ2) is 6.92. The van der Waals surface area contributed by atoms with Crippen molar-refractivity contribution in [3.05, 3.63) is 81.4 Å². The van der Waals surface area contributed by atoms with Crippen molar-refractivity contribution in [2.24, 2.45) is 0 Å². The van der Waals surface area contributed by atoms with E-state index in [-0.39, 0.29) is 5.91 Å². The fourth-order valence-corrected chi connectivity index (χ4v) is 3.09. The number of aromatic nitrogens is 1. The Morgan fingerprint density at radius 2 is 1.81 bits per heavy atom. The third kappa shape index (κ3) is 3.35. The predicted octanol–water partition coefficient (Wildman–Crippen LogP) is 5.66. The molecule has 0 radical (unpaired) electrons. The lowest BCUT2D eigenvalue weighted by atomic mass is 10.1. The Bertz CT molecular complexity index is 1100. The lowest BCUT2D eigenvalue weighted by Crippen LogP contribution is -2.11. The number of nitrogens with one attached hydrogen (secondary N) is 1. The van der Waals surface area contributed by atoms with Crippen molar-refractivity contribution in [3.8, 4) is 11.5 Å². The summed E-state index contributed by atoms with van der Waals surface area (Å²) in [5.74, 6) is 0.429. The van der Waals surface area contributed by atoms with Gasteiger partial charge >= 0.3 is 0 Å². The predicted molar refractivity (Wildman–Crippen MR) is 111 cm³/mol. The Labute approximate surface area is 164 Å². The maximum absolute atomic E-state index is 12.4. The number of carbonyl (C=O) groups is 1. The van der Waals surface area contributed by atoms with Crippen LogP contribution in [-0.4, -0.2) is 10.9 Å². The highest BCUT2D eigenvalue weighted by molar-refractivity contribution is 14.1. The Kier molecular flexibility index (Phi) is 4.46. The number of hydrogen-bond donors (Lipinski definition) is 1. The van der Waals surface area contributed by atoms with E-state index < -0.39 is 0 Å². The molecule has 0 atom stereocenters. The fourth-order valence-electron chi connectivity index (χ4n) is 2.73. The number of hydrogen-bond acceptors (Lipinski definition) is 3. The minimum Gasteiger partial charge on any atom is -0.436 e. The van der Waals surface area contributed by atoms with Crippen molar-refractivity contribution in [1.29, 1.82) is 0 Å². The summed E-state index contributed by atoms with van der Waals surface area (Å²) in [7, 11) is 0. The Morgan fingerprint density at radius 1 is 1.04 bits per heavy atom. The number of nitrogens with zero attached hydrogens (tertiary/aromatic N) is 1. The molecule has 0 aliphatic heterocycles. The third-order valence-corrected chi connectivity index (χ3v) is 4.85. The van der Waals surface area contributed by atoms with Gasteiger partial charge in [0.25, 0.3) is 5.91 Å². The van der Waals surface area contributed by atoms with E-state index in [1.54, 1.807) is 18.2 Å². The molecule has 0 bridgehead atoms. The largest absolute Gasteiger partial charge is 0.436 e. The quantitative estimate of drug-likeness (QED) is 0.407. The molecular formula is C21H15IN2O2. The van der Waals surface area contributed by atoms with Crippen LogP contribution in [0.3, 0.4) is 0 Å². The van der Waals surface area contributed by atoms with Crippen molar-refractivity contribution in [1.82, 2.24) is 4.98 Å². The van der Waals surface area contributed by atoms with Gasteiger partial charge in [-0.15, -0.1) is 0 Å². The van der Waals surface area contributed by atoms with E-state index in [0.29, 0.717) is 22.7 Å². The first kappa shape index (κ1) is 16.8. The molecule has 0 aliphatic carbocycles. The van der Waals surface area contributed by atoms with Crippen molar-refractivity contribution in [3.63, 3.8) is 0 Å². The van der Waals surface area contributed by atoms with Gasteiger partial charge in [0.15, 0.2) is 5.58 Å². The van der Waals surface area contributed by atoms with Crippen LogP contribution in [0.1, 0.15) is 15.9 Å². The maximum Gasteiger partial charge on any atom is 0.255 e. The van der Waals surface area contributed by atoms with E-state index in [0.717, 1.165) is 20.2 Å². The average Bonchev–Trinajstić information content (AvgIpc) is 3.05. The molecular weight excluding hydrogens is 439 g/mol. The van der Waals surface area contributed by atoms with E-state index in [1.807, 2.05) is 55.5 Å². The number of anilines is 1. The van der Waals surface area contributed by atoms with Crippen LogP contribution >= 0.6 is 22.6 Å². The summed E-state index contributed by atoms with van der Waals surface area (Å²) in [6.45, 7) is 2.02. The van der Waals surface area contributed by atoms with Gasteiger partial charge in [-0.1, -0.05) is 18.2 Å².